The number of likely N-dealkylation sites (tertiary alicyclic amines) is 1. The Morgan fingerprint density at radius 1 is 1.11 bits per heavy atom. The minimum absolute atomic E-state index is 0.0421. The maximum Gasteiger partial charge on any atom is 0.296 e. The van der Waals surface area contributed by atoms with Crippen LogP contribution >= 0.6 is 0 Å². The van der Waals surface area contributed by atoms with Crippen LogP contribution in [0.15, 0.2) is 76.9 Å². The molecule has 36 heavy (non-hydrogen) atoms. The highest BCUT2D eigenvalue weighted by Crippen LogP contribution is 2.44. The van der Waals surface area contributed by atoms with Crippen LogP contribution in [0.3, 0.4) is 0 Å². The van der Waals surface area contributed by atoms with Crippen molar-refractivity contribution in [3.8, 4) is 5.75 Å². The van der Waals surface area contributed by atoms with Crippen molar-refractivity contribution in [1.29, 1.82) is 0 Å². The van der Waals surface area contributed by atoms with Gasteiger partial charge < -0.3 is 24.1 Å². The fraction of sp³-hybridized carbons (Fsp3) is 0.241. The number of aromatic nitrogens is 1. The first-order valence-electron chi connectivity index (χ1n) is 12.0. The summed E-state index contributed by atoms with van der Waals surface area (Å²) in [6.45, 7) is 6.62. The highest BCUT2D eigenvalue weighted by Gasteiger charge is 2.47. The van der Waals surface area contributed by atoms with E-state index in [9.17, 15) is 14.7 Å². The lowest BCUT2D eigenvalue weighted by atomic mass is 9.93. The van der Waals surface area contributed by atoms with E-state index in [4.69, 9.17) is 9.15 Å². The molecule has 7 heteroatoms. The van der Waals surface area contributed by atoms with E-state index in [-0.39, 0.29) is 17.9 Å². The van der Waals surface area contributed by atoms with Gasteiger partial charge in [0.05, 0.1) is 31.0 Å². The fourth-order valence-electron chi connectivity index (χ4n) is 4.72. The average molecular weight is 485 g/mol. The summed E-state index contributed by atoms with van der Waals surface area (Å²) in [5.74, 6) is -0.197. The molecule has 1 unspecified atom stereocenters. The average Bonchev–Trinajstić information content (AvgIpc) is 3.56. The molecule has 4 aromatic rings. The molecule has 1 saturated heterocycles. The van der Waals surface area contributed by atoms with E-state index < -0.39 is 17.7 Å². The van der Waals surface area contributed by atoms with E-state index in [0.717, 1.165) is 22.2 Å². The van der Waals surface area contributed by atoms with Crippen LogP contribution < -0.4 is 4.74 Å². The smallest absolute Gasteiger partial charge is 0.296 e. The highest BCUT2D eigenvalue weighted by atomic mass is 16.5. The summed E-state index contributed by atoms with van der Waals surface area (Å²) in [6.07, 6.45) is 1.53. The molecule has 1 atom stereocenters. The van der Waals surface area contributed by atoms with E-state index in [0.29, 0.717) is 29.6 Å². The first-order chi connectivity index (χ1) is 17.3. The number of carbonyl (C=O) groups is 2. The molecule has 2 aromatic heterocycles. The number of furan rings is 1. The van der Waals surface area contributed by atoms with Gasteiger partial charge in [-0.3, -0.25) is 9.59 Å². The number of Topliss-reactive ketones (excluding diaryl/α,β-unsaturated/α-hetero) is 1. The Morgan fingerprint density at radius 3 is 2.67 bits per heavy atom. The second-order valence-corrected chi connectivity index (χ2v) is 9.45. The third-order valence-electron chi connectivity index (χ3n) is 6.35. The third-order valence-corrected chi connectivity index (χ3v) is 6.35. The van der Waals surface area contributed by atoms with Gasteiger partial charge in [-0.25, -0.2) is 0 Å². The Morgan fingerprint density at radius 2 is 1.92 bits per heavy atom. The number of rotatable bonds is 7. The molecule has 0 aliphatic carbocycles. The lowest BCUT2D eigenvalue weighted by molar-refractivity contribution is -0.140. The van der Waals surface area contributed by atoms with Gasteiger partial charge in [0, 0.05) is 27.7 Å². The monoisotopic (exact) mass is 484 g/mol. The van der Waals surface area contributed by atoms with Gasteiger partial charge in [0.15, 0.2) is 0 Å². The number of aliphatic hydroxyl groups is 1. The number of nitrogens with one attached hydrogen (secondary N) is 1. The van der Waals surface area contributed by atoms with Gasteiger partial charge in [-0.2, -0.15) is 0 Å². The predicted octanol–water partition coefficient (Wildman–Crippen LogP) is 5.73. The molecule has 3 heterocycles. The number of fused-ring (bicyclic) bond motifs is 1. The van der Waals surface area contributed by atoms with Crippen LogP contribution in [0, 0.1) is 12.8 Å². The summed E-state index contributed by atoms with van der Waals surface area (Å²) >= 11 is 0. The number of hydrogen-bond acceptors (Lipinski definition) is 5. The number of carbonyl (C=O) groups excluding carboxylic acids is 2. The molecule has 1 amide bonds. The second kappa shape index (κ2) is 9.41. The number of H-pyrrole nitrogens is 1. The molecular formula is C29H28N2O5. The molecule has 184 valence electrons. The van der Waals surface area contributed by atoms with E-state index in [2.05, 4.69) is 4.98 Å². The quantitative estimate of drug-likeness (QED) is 0.199. The number of ether oxygens (including phenoxy) is 1. The summed E-state index contributed by atoms with van der Waals surface area (Å²) in [5.41, 5.74) is 2.92. The predicted molar refractivity (Wildman–Crippen MR) is 136 cm³/mol. The van der Waals surface area contributed by atoms with Crippen molar-refractivity contribution in [2.45, 2.75) is 33.4 Å². The van der Waals surface area contributed by atoms with Gasteiger partial charge in [-0.15, -0.1) is 0 Å². The summed E-state index contributed by atoms with van der Waals surface area (Å²) in [5, 5.41) is 12.4. The molecule has 0 spiro atoms. The van der Waals surface area contributed by atoms with E-state index in [1.807, 2.05) is 45.0 Å². The first kappa shape index (κ1) is 23.5. The van der Waals surface area contributed by atoms with E-state index in [1.54, 1.807) is 36.4 Å². The standard InChI is InChI=1S/C29H28N2O5/c1-17(2)16-36-20-9-6-8-19(14-20)27(32)25-26(24-18(3)30-23-12-5-4-11-22(23)24)31(29(34)28(25)33)15-21-10-7-13-35-21/h4-14,17,26,30,32H,15-16H2,1-3H3/b27-25+. The molecule has 0 radical (unpaired) electrons. The van der Waals surface area contributed by atoms with E-state index >= 15 is 0 Å². The first-order valence-corrected chi connectivity index (χ1v) is 12.0. The van der Waals surface area contributed by atoms with Crippen molar-refractivity contribution in [3.63, 3.8) is 0 Å². The summed E-state index contributed by atoms with van der Waals surface area (Å²) < 4.78 is 11.3. The SMILES string of the molecule is Cc1[nH]c2ccccc2c1C1/C(=C(\O)c2cccc(OCC(C)C)c2)C(=O)C(=O)N1Cc1ccco1. The van der Waals surface area contributed by atoms with Crippen LogP contribution in [-0.4, -0.2) is 33.3 Å². The molecule has 2 N–H and O–H groups in total. The van der Waals surface area contributed by atoms with Gasteiger partial charge in [0.25, 0.3) is 11.7 Å². The fourth-order valence-corrected chi connectivity index (χ4v) is 4.72. The number of amides is 1. The lowest BCUT2D eigenvalue weighted by Crippen LogP contribution is -2.29. The van der Waals surface area contributed by atoms with Crippen LogP contribution in [0.2, 0.25) is 0 Å². The lowest BCUT2D eigenvalue weighted by Gasteiger charge is -2.25. The molecule has 0 bridgehead atoms. The number of nitrogens with zero attached hydrogens (tertiary/aromatic N) is 1. The number of benzene rings is 2. The second-order valence-electron chi connectivity index (χ2n) is 9.45. The zero-order valence-electron chi connectivity index (χ0n) is 20.4. The number of aromatic amines is 1. The molecule has 1 aliphatic heterocycles. The van der Waals surface area contributed by atoms with Gasteiger partial charge >= 0.3 is 0 Å². The Labute approximate surface area is 209 Å². The minimum Gasteiger partial charge on any atom is -0.507 e. The normalized spacial score (nSPS) is 17.4. The molecule has 5 rings (SSSR count). The van der Waals surface area contributed by atoms with Gasteiger partial charge in [0.2, 0.25) is 0 Å². The van der Waals surface area contributed by atoms with Crippen LogP contribution in [0.25, 0.3) is 16.7 Å². The van der Waals surface area contributed by atoms with Crippen LogP contribution in [0.4, 0.5) is 0 Å². The van der Waals surface area contributed by atoms with Crippen molar-refractivity contribution in [2.24, 2.45) is 5.92 Å². The van der Waals surface area contributed by atoms with Gasteiger partial charge in [-0.05, 0) is 43.2 Å². The number of aryl methyl sites for hydroxylation is 1. The molecule has 7 nitrogen and oxygen atoms in total. The Hall–Kier alpha value is -4.26. The van der Waals surface area contributed by atoms with Crippen LogP contribution in [-0.2, 0) is 16.1 Å². The van der Waals surface area contributed by atoms with Crippen molar-refractivity contribution >= 4 is 28.4 Å². The van der Waals surface area contributed by atoms with Crippen molar-refractivity contribution in [1.82, 2.24) is 9.88 Å². The Kier molecular flexibility index (Phi) is 6.14. The largest absolute Gasteiger partial charge is 0.507 e. The summed E-state index contributed by atoms with van der Waals surface area (Å²) in [6, 6.07) is 17.4. The zero-order chi connectivity index (χ0) is 25.4. The minimum atomic E-state index is -0.800. The Balaban J connectivity index is 1.67. The molecular weight excluding hydrogens is 456 g/mol. The highest BCUT2D eigenvalue weighted by molar-refractivity contribution is 6.46. The number of para-hydroxylation sites is 1. The zero-order valence-corrected chi connectivity index (χ0v) is 20.4. The number of ketones is 1. The van der Waals surface area contributed by atoms with Crippen molar-refractivity contribution < 1.29 is 23.8 Å². The van der Waals surface area contributed by atoms with Crippen LogP contribution in [0.1, 0.15) is 42.5 Å². The van der Waals surface area contributed by atoms with Gasteiger partial charge in [0.1, 0.15) is 17.3 Å². The maximum absolute atomic E-state index is 13.4. The van der Waals surface area contributed by atoms with E-state index in [1.165, 1.54) is 11.2 Å². The summed E-state index contributed by atoms with van der Waals surface area (Å²) in [7, 11) is 0. The summed E-state index contributed by atoms with van der Waals surface area (Å²) in [4.78, 5) is 31.6. The Bertz CT molecular complexity index is 1460. The van der Waals surface area contributed by atoms with Crippen molar-refractivity contribution in [2.75, 3.05) is 6.61 Å². The maximum atomic E-state index is 13.4. The molecule has 2 aromatic carbocycles. The molecule has 0 saturated carbocycles. The van der Waals surface area contributed by atoms with Crippen molar-refractivity contribution in [3.05, 3.63) is 95.1 Å². The van der Waals surface area contributed by atoms with Crippen LogP contribution in [0.5, 0.6) is 5.75 Å². The number of hydrogen-bond donors (Lipinski definition) is 2. The molecule has 1 fully saturated rings. The van der Waals surface area contributed by atoms with Gasteiger partial charge in [-0.1, -0.05) is 44.2 Å². The third kappa shape index (κ3) is 4.17. The number of aliphatic hydroxyl groups excluding tert-OH is 1. The molecule has 1 aliphatic rings. The topological polar surface area (TPSA) is 95.8 Å².